The van der Waals surface area contributed by atoms with Crippen LogP contribution in [0.15, 0.2) is 54.9 Å². The van der Waals surface area contributed by atoms with Crippen molar-refractivity contribution < 1.29 is 41.7 Å². The standard InChI is InChI=1S/C25H27F3N4O6/c1-4-35-20-13-21(36-15(2)22(20)34-3)37-24(33)30-17-7-5-16(6-8-17)23-29-14-32(31-23)18-9-11-19(12-10-18)38-25(26,27)28/h5-12,14-15,20-22H,4,13H2,1-3H3,(H,30,33). The van der Waals surface area contributed by atoms with Gasteiger partial charge in [0.25, 0.3) is 0 Å². The highest BCUT2D eigenvalue weighted by Crippen LogP contribution is 2.27. The molecule has 13 heteroatoms. The van der Waals surface area contributed by atoms with Gasteiger partial charge < -0.3 is 23.7 Å². The number of halogens is 3. The van der Waals surface area contributed by atoms with Gasteiger partial charge >= 0.3 is 12.5 Å². The fourth-order valence-electron chi connectivity index (χ4n) is 4.08. The molecule has 3 aromatic rings. The smallest absolute Gasteiger partial charge is 0.419 e. The van der Waals surface area contributed by atoms with Gasteiger partial charge in [-0.3, -0.25) is 5.32 Å². The number of nitrogens with zero attached hydrogens (tertiary/aromatic N) is 3. The van der Waals surface area contributed by atoms with Crippen molar-refractivity contribution in [3.8, 4) is 22.8 Å². The van der Waals surface area contributed by atoms with E-state index in [1.807, 2.05) is 13.8 Å². The van der Waals surface area contributed by atoms with Crippen molar-refractivity contribution >= 4 is 11.8 Å². The number of ether oxygens (including phenoxy) is 5. The van der Waals surface area contributed by atoms with Crippen LogP contribution in [-0.2, 0) is 18.9 Å². The Morgan fingerprint density at radius 3 is 2.50 bits per heavy atom. The van der Waals surface area contributed by atoms with Crippen LogP contribution in [0.25, 0.3) is 17.1 Å². The van der Waals surface area contributed by atoms with Crippen LogP contribution in [0.1, 0.15) is 20.3 Å². The van der Waals surface area contributed by atoms with Crippen molar-refractivity contribution in [2.75, 3.05) is 19.0 Å². The molecule has 1 saturated heterocycles. The fourth-order valence-corrected chi connectivity index (χ4v) is 4.08. The predicted octanol–water partition coefficient (Wildman–Crippen LogP) is 4.94. The number of anilines is 1. The number of amides is 1. The van der Waals surface area contributed by atoms with Crippen molar-refractivity contribution in [3.05, 3.63) is 54.9 Å². The second-order valence-electron chi connectivity index (χ2n) is 8.36. The first-order valence-corrected chi connectivity index (χ1v) is 11.8. The molecule has 0 bridgehead atoms. The van der Waals surface area contributed by atoms with Crippen LogP contribution in [0, 0.1) is 0 Å². The van der Waals surface area contributed by atoms with Gasteiger partial charge in [-0.15, -0.1) is 18.3 Å². The lowest BCUT2D eigenvalue weighted by Crippen LogP contribution is -2.50. The minimum Gasteiger partial charge on any atom is -0.419 e. The lowest BCUT2D eigenvalue weighted by Gasteiger charge is -2.38. The molecular formula is C25H27F3N4O6. The molecule has 1 amide bonds. The van der Waals surface area contributed by atoms with E-state index in [1.165, 1.54) is 35.3 Å². The Hall–Kier alpha value is -3.68. The highest BCUT2D eigenvalue weighted by atomic mass is 19.4. The molecule has 2 heterocycles. The minimum absolute atomic E-state index is 0.259. The number of alkyl halides is 3. The van der Waals surface area contributed by atoms with E-state index in [-0.39, 0.29) is 24.1 Å². The summed E-state index contributed by atoms with van der Waals surface area (Å²) in [5.74, 6) is 0.0510. The molecule has 0 saturated carbocycles. The average molecular weight is 537 g/mol. The summed E-state index contributed by atoms with van der Waals surface area (Å²) < 4.78 is 64.7. The SMILES string of the molecule is CCOC1CC(OC(=O)Nc2ccc(-c3ncn(-c4ccc(OC(F)(F)F)cc4)n3)cc2)OC(C)C1OC. The molecule has 0 radical (unpaired) electrons. The first-order valence-electron chi connectivity index (χ1n) is 11.8. The summed E-state index contributed by atoms with van der Waals surface area (Å²) in [6, 6.07) is 12.0. The number of carbonyl (C=O) groups is 1. The summed E-state index contributed by atoms with van der Waals surface area (Å²) in [5.41, 5.74) is 1.65. The van der Waals surface area contributed by atoms with Crippen LogP contribution in [0.3, 0.4) is 0 Å². The second kappa shape index (κ2) is 11.8. The third kappa shape index (κ3) is 7.00. The Labute approximate surface area is 216 Å². The van der Waals surface area contributed by atoms with E-state index in [9.17, 15) is 18.0 Å². The summed E-state index contributed by atoms with van der Waals surface area (Å²) in [7, 11) is 1.59. The maximum atomic E-state index is 12.4. The Morgan fingerprint density at radius 1 is 1.16 bits per heavy atom. The van der Waals surface area contributed by atoms with Crippen LogP contribution in [0.4, 0.5) is 23.7 Å². The van der Waals surface area contributed by atoms with Gasteiger partial charge in [-0.05, 0) is 62.4 Å². The quantitative estimate of drug-likeness (QED) is 0.432. The van der Waals surface area contributed by atoms with Gasteiger partial charge in [-0.2, -0.15) is 0 Å². The summed E-state index contributed by atoms with van der Waals surface area (Å²) >= 11 is 0. The molecule has 1 aliphatic rings. The largest absolute Gasteiger partial charge is 0.573 e. The first kappa shape index (κ1) is 27.4. The monoisotopic (exact) mass is 536 g/mol. The Morgan fingerprint density at radius 2 is 1.87 bits per heavy atom. The molecule has 10 nitrogen and oxygen atoms in total. The van der Waals surface area contributed by atoms with Crippen LogP contribution in [-0.4, -0.2) is 65.5 Å². The van der Waals surface area contributed by atoms with E-state index in [0.717, 1.165) is 0 Å². The summed E-state index contributed by atoms with van der Waals surface area (Å²) in [5, 5.41) is 7.01. The summed E-state index contributed by atoms with van der Waals surface area (Å²) in [6.07, 6.45) is -5.28. The maximum Gasteiger partial charge on any atom is 0.573 e. The Bertz CT molecular complexity index is 1200. The number of aromatic nitrogens is 3. The molecule has 1 fully saturated rings. The lowest BCUT2D eigenvalue weighted by molar-refractivity contribution is -0.274. The number of hydrogen-bond donors (Lipinski definition) is 1. The zero-order valence-corrected chi connectivity index (χ0v) is 20.8. The van der Waals surface area contributed by atoms with Gasteiger partial charge in [0.2, 0.25) is 6.29 Å². The molecular weight excluding hydrogens is 509 g/mol. The Balaban J connectivity index is 1.34. The van der Waals surface area contributed by atoms with Gasteiger partial charge in [-0.25, -0.2) is 14.5 Å². The predicted molar refractivity (Wildman–Crippen MR) is 129 cm³/mol. The number of methoxy groups -OCH3 is 1. The molecule has 1 N–H and O–H groups in total. The third-order valence-electron chi connectivity index (χ3n) is 5.73. The van der Waals surface area contributed by atoms with Crippen molar-refractivity contribution in [2.24, 2.45) is 0 Å². The molecule has 1 aliphatic heterocycles. The molecule has 1 aromatic heterocycles. The number of nitrogens with one attached hydrogen (secondary N) is 1. The van der Waals surface area contributed by atoms with E-state index in [4.69, 9.17) is 18.9 Å². The van der Waals surface area contributed by atoms with Gasteiger partial charge in [0.1, 0.15) is 18.2 Å². The maximum absolute atomic E-state index is 12.4. The zero-order chi connectivity index (χ0) is 27.3. The lowest BCUT2D eigenvalue weighted by atomic mass is 10.0. The van der Waals surface area contributed by atoms with Crippen molar-refractivity contribution in [1.29, 1.82) is 0 Å². The van der Waals surface area contributed by atoms with Crippen LogP contribution in [0.5, 0.6) is 5.75 Å². The van der Waals surface area contributed by atoms with E-state index < -0.39 is 18.7 Å². The molecule has 38 heavy (non-hydrogen) atoms. The highest BCUT2D eigenvalue weighted by Gasteiger charge is 2.39. The molecule has 0 spiro atoms. The van der Waals surface area contributed by atoms with E-state index in [0.29, 0.717) is 35.8 Å². The number of hydrogen-bond acceptors (Lipinski definition) is 8. The van der Waals surface area contributed by atoms with Gasteiger partial charge in [0.15, 0.2) is 5.82 Å². The van der Waals surface area contributed by atoms with Crippen LogP contribution >= 0.6 is 0 Å². The first-order chi connectivity index (χ1) is 18.1. The Kier molecular flexibility index (Phi) is 8.49. The summed E-state index contributed by atoms with van der Waals surface area (Å²) in [4.78, 5) is 16.7. The third-order valence-corrected chi connectivity index (χ3v) is 5.73. The van der Waals surface area contributed by atoms with Gasteiger partial charge in [-0.1, -0.05) is 0 Å². The van der Waals surface area contributed by atoms with Crippen molar-refractivity contribution in [2.45, 2.75) is 51.2 Å². The normalized spacial score (nSPS) is 21.6. The molecule has 2 aromatic carbocycles. The zero-order valence-electron chi connectivity index (χ0n) is 20.8. The number of carbonyl (C=O) groups excluding carboxylic acids is 1. The van der Waals surface area contributed by atoms with E-state index in [1.54, 1.807) is 31.4 Å². The minimum atomic E-state index is -4.76. The van der Waals surface area contributed by atoms with E-state index >= 15 is 0 Å². The number of rotatable bonds is 8. The number of benzene rings is 2. The molecule has 4 rings (SSSR count). The van der Waals surface area contributed by atoms with Gasteiger partial charge in [0.05, 0.1) is 17.9 Å². The molecule has 204 valence electrons. The second-order valence-corrected chi connectivity index (χ2v) is 8.36. The van der Waals surface area contributed by atoms with Gasteiger partial charge in [0, 0.05) is 31.4 Å². The summed E-state index contributed by atoms with van der Waals surface area (Å²) in [6.45, 7) is 4.21. The average Bonchev–Trinajstić information content (AvgIpc) is 3.34. The van der Waals surface area contributed by atoms with Crippen LogP contribution < -0.4 is 10.1 Å². The highest BCUT2D eigenvalue weighted by molar-refractivity contribution is 5.85. The molecule has 4 atom stereocenters. The molecule has 4 unspecified atom stereocenters. The van der Waals surface area contributed by atoms with Crippen molar-refractivity contribution in [1.82, 2.24) is 14.8 Å². The fraction of sp³-hybridized carbons (Fsp3) is 0.400. The van der Waals surface area contributed by atoms with Crippen molar-refractivity contribution in [3.63, 3.8) is 0 Å². The van der Waals surface area contributed by atoms with E-state index in [2.05, 4.69) is 20.1 Å². The topological polar surface area (TPSA) is 106 Å². The molecule has 0 aliphatic carbocycles. The van der Waals surface area contributed by atoms with Crippen LogP contribution in [0.2, 0.25) is 0 Å².